The van der Waals surface area contributed by atoms with Gasteiger partial charge in [-0.1, -0.05) is 70.5 Å². The quantitative estimate of drug-likeness (QED) is 0.248. The first-order chi connectivity index (χ1) is 23.4. The second-order valence-corrected chi connectivity index (χ2v) is 14.7. The third-order valence-electron chi connectivity index (χ3n) is 10.3. The molecule has 3 aliphatic heterocycles. The highest BCUT2D eigenvalue weighted by Gasteiger charge is 2.39. The van der Waals surface area contributed by atoms with E-state index in [9.17, 15) is 19.2 Å². The molecule has 3 unspecified atom stereocenters. The van der Waals surface area contributed by atoms with Crippen LogP contribution < -0.4 is 5.32 Å². The number of esters is 1. The maximum absolute atomic E-state index is 13.9. The van der Waals surface area contributed by atoms with Gasteiger partial charge in [-0.3, -0.25) is 24.2 Å². The fraction of sp³-hybridized carbons (Fsp3) is 0.684. The zero-order valence-corrected chi connectivity index (χ0v) is 30.7. The van der Waals surface area contributed by atoms with Crippen molar-refractivity contribution in [2.24, 2.45) is 11.8 Å². The Balaban J connectivity index is 1.45. The number of benzene rings is 1. The Morgan fingerprint density at radius 2 is 1.61 bits per heavy atom. The zero-order chi connectivity index (χ0) is 35.7. The van der Waals surface area contributed by atoms with Gasteiger partial charge >= 0.3 is 5.97 Å². The van der Waals surface area contributed by atoms with Gasteiger partial charge in [0.15, 0.2) is 0 Å². The van der Waals surface area contributed by atoms with Crippen molar-refractivity contribution in [2.45, 2.75) is 97.0 Å². The average molecular weight is 682 g/mol. The average Bonchev–Trinajstić information content (AvgIpc) is 3.59. The van der Waals surface area contributed by atoms with E-state index in [4.69, 9.17) is 9.47 Å². The molecule has 1 aromatic rings. The van der Waals surface area contributed by atoms with Gasteiger partial charge in [0.25, 0.3) is 0 Å². The number of piperidine rings is 1. The van der Waals surface area contributed by atoms with E-state index in [1.165, 1.54) is 0 Å². The van der Waals surface area contributed by atoms with Gasteiger partial charge in [-0.05, 0) is 63.6 Å². The van der Waals surface area contributed by atoms with Crippen molar-refractivity contribution in [3.05, 3.63) is 47.5 Å². The Hall–Kier alpha value is -3.28. The first kappa shape index (κ1) is 38.5. The summed E-state index contributed by atoms with van der Waals surface area (Å²) in [7, 11) is 3.70. The summed E-state index contributed by atoms with van der Waals surface area (Å²) < 4.78 is 11.7. The van der Waals surface area contributed by atoms with Crippen LogP contribution in [0.4, 0.5) is 0 Å². The highest BCUT2D eigenvalue weighted by molar-refractivity contribution is 5.96. The third kappa shape index (κ3) is 10.1. The third-order valence-corrected chi connectivity index (χ3v) is 10.3. The number of carbonyl (C=O) groups excluding carboxylic acids is 4. The summed E-state index contributed by atoms with van der Waals surface area (Å²) in [6, 6.07) is 7.75. The lowest BCUT2D eigenvalue weighted by molar-refractivity contribution is -0.159. The molecule has 4 rings (SSSR count). The molecular formula is C38H59N5O6. The molecule has 3 saturated heterocycles. The number of rotatable bonds is 13. The maximum Gasteiger partial charge on any atom is 0.329 e. The van der Waals surface area contributed by atoms with Gasteiger partial charge in [-0.2, -0.15) is 0 Å². The Labute approximate surface area is 293 Å². The van der Waals surface area contributed by atoms with Crippen LogP contribution >= 0.6 is 0 Å². The minimum absolute atomic E-state index is 0.00384. The van der Waals surface area contributed by atoms with Gasteiger partial charge in [0.05, 0.1) is 25.3 Å². The molecule has 3 amide bonds. The lowest BCUT2D eigenvalue weighted by Crippen LogP contribution is -2.57. The molecule has 0 radical (unpaired) electrons. The lowest BCUT2D eigenvalue weighted by Gasteiger charge is -2.36. The number of nitrogens with zero attached hydrogens (tertiary/aromatic N) is 4. The van der Waals surface area contributed by atoms with Crippen LogP contribution in [0.1, 0.15) is 78.4 Å². The molecule has 0 bridgehead atoms. The molecule has 5 atom stereocenters. The predicted octanol–water partition coefficient (Wildman–Crippen LogP) is 3.65. The Morgan fingerprint density at radius 1 is 0.939 bits per heavy atom. The van der Waals surface area contributed by atoms with E-state index in [1.54, 1.807) is 23.8 Å². The molecule has 0 saturated carbocycles. The monoisotopic (exact) mass is 681 g/mol. The molecule has 0 aromatic heterocycles. The van der Waals surface area contributed by atoms with Gasteiger partial charge in [-0.15, -0.1) is 0 Å². The van der Waals surface area contributed by atoms with E-state index >= 15 is 0 Å². The van der Waals surface area contributed by atoms with Gasteiger partial charge in [0, 0.05) is 38.8 Å². The number of amides is 3. The van der Waals surface area contributed by atoms with Crippen molar-refractivity contribution in [3.8, 4) is 0 Å². The Morgan fingerprint density at radius 3 is 2.24 bits per heavy atom. The van der Waals surface area contributed by atoms with Crippen LogP contribution in [0.15, 0.2) is 42.0 Å². The van der Waals surface area contributed by atoms with Crippen molar-refractivity contribution in [1.29, 1.82) is 0 Å². The second kappa shape index (κ2) is 18.1. The van der Waals surface area contributed by atoms with E-state index < -0.39 is 30.2 Å². The lowest BCUT2D eigenvalue weighted by atomic mass is 9.96. The summed E-state index contributed by atoms with van der Waals surface area (Å²) in [5.74, 6) is -1.05. The molecule has 0 aliphatic carbocycles. The van der Waals surface area contributed by atoms with Crippen LogP contribution in [0.5, 0.6) is 0 Å². The normalized spacial score (nSPS) is 22.9. The molecule has 11 heteroatoms. The molecule has 272 valence electrons. The fourth-order valence-electron chi connectivity index (χ4n) is 7.21. The maximum atomic E-state index is 13.9. The van der Waals surface area contributed by atoms with Crippen molar-refractivity contribution in [1.82, 2.24) is 24.9 Å². The minimum atomic E-state index is -0.689. The molecule has 0 spiro atoms. The highest BCUT2D eigenvalue weighted by atomic mass is 16.5. The number of nitrogens with one attached hydrogen (secondary N) is 1. The molecule has 49 heavy (non-hydrogen) atoms. The number of carbonyl (C=O) groups is 4. The van der Waals surface area contributed by atoms with Crippen LogP contribution in [-0.2, 0) is 28.7 Å². The summed E-state index contributed by atoms with van der Waals surface area (Å²) in [5, 5.41) is 3.05. The van der Waals surface area contributed by atoms with E-state index in [0.29, 0.717) is 44.7 Å². The molecule has 3 fully saturated rings. The van der Waals surface area contributed by atoms with Crippen molar-refractivity contribution >= 4 is 23.7 Å². The highest BCUT2D eigenvalue weighted by Crippen LogP contribution is 2.27. The summed E-state index contributed by atoms with van der Waals surface area (Å²) in [6.07, 6.45) is 5.46. The zero-order valence-electron chi connectivity index (χ0n) is 30.7. The summed E-state index contributed by atoms with van der Waals surface area (Å²) in [6.45, 7) is 14.4. The number of ether oxygens (including phenoxy) is 2. The standard InChI is InChI=1S/C38H59N5O6/c1-26(2)32(41(7)37(46)34(27(3)4)39-35(44)30-16-11-12-18-40(30)6)24-28(5)36(45)43-19-13-17-31(43)38(47)49-33(29-14-9-8-10-15-29)25-42-20-22-48-23-21-42/h8-10,14-15,24,26-27,30-34H,11-13,16-23,25H2,1-7H3,(H,39,44)/b28-24+/t30-,31?,32-,33?,34?/m1/s1. The van der Waals surface area contributed by atoms with E-state index in [-0.39, 0.29) is 35.6 Å². The summed E-state index contributed by atoms with van der Waals surface area (Å²) >= 11 is 0. The van der Waals surface area contributed by atoms with E-state index in [0.717, 1.165) is 44.5 Å². The largest absolute Gasteiger partial charge is 0.455 e. The molecule has 3 heterocycles. The van der Waals surface area contributed by atoms with Crippen LogP contribution in [-0.4, -0.2) is 127 Å². The van der Waals surface area contributed by atoms with Gasteiger partial charge < -0.3 is 24.6 Å². The van der Waals surface area contributed by atoms with Crippen molar-refractivity contribution < 1.29 is 28.7 Å². The molecule has 1 N–H and O–H groups in total. The number of morpholine rings is 1. The van der Waals surface area contributed by atoms with Gasteiger partial charge in [-0.25, -0.2) is 4.79 Å². The van der Waals surface area contributed by atoms with Crippen molar-refractivity contribution in [3.63, 3.8) is 0 Å². The molecule has 11 nitrogen and oxygen atoms in total. The van der Waals surface area contributed by atoms with Gasteiger partial charge in [0.1, 0.15) is 18.2 Å². The number of likely N-dealkylation sites (tertiary alicyclic amines) is 2. The minimum Gasteiger partial charge on any atom is -0.455 e. The van der Waals surface area contributed by atoms with Crippen molar-refractivity contribution in [2.75, 3.05) is 60.0 Å². The smallest absolute Gasteiger partial charge is 0.329 e. The van der Waals surface area contributed by atoms with Crippen LogP contribution in [0.25, 0.3) is 0 Å². The predicted molar refractivity (Wildman–Crippen MR) is 189 cm³/mol. The fourth-order valence-corrected chi connectivity index (χ4v) is 7.21. The van der Waals surface area contributed by atoms with E-state index in [2.05, 4.69) is 15.1 Å². The topological polar surface area (TPSA) is 112 Å². The summed E-state index contributed by atoms with van der Waals surface area (Å²) in [5.41, 5.74) is 1.39. The SMILES string of the molecule is C/C(=C\[C@H](C(C)C)N(C)C(=O)C(NC(=O)[C@H]1CCCCN1C)C(C)C)C(=O)N1CCCC1C(=O)OC(CN1CCOCC1)c1ccccc1. The second-order valence-electron chi connectivity index (χ2n) is 14.7. The molecular weight excluding hydrogens is 622 g/mol. The Bertz CT molecular complexity index is 1300. The van der Waals surface area contributed by atoms with Gasteiger partial charge in [0.2, 0.25) is 17.7 Å². The summed E-state index contributed by atoms with van der Waals surface area (Å²) in [4.78, 5) is 62.5. The first-order valence-electron chi connectivity index (χ1n) is 18.2. The number of hydrogen-bond donors (Lipinski definition) is 1. The Kier molecular flexibility index (Phi) is 14.2. The molecule has 3 aliphatic rings. The van der Waals surface area contributed by atoms with Crippen LogP contribution in [0.3, 0.4) is 0 Å². The molecule has 1 aromatic carbocycles. The van der Waals surface area contributed by atoms with Crippen LogP contribution in [0.2, 0.25) is 0 Å². The van der Waals surface area contributed by atoms with E-state index in [1.807, 2.05) is 71.2 Å². The number of likely N-dealkylation sites (N-methyl/N-ethyl adjacent to an activating group) is 2. The first-order valence-corrected chi connectivity index (χ1v) is 18.2. The van der Waals surface area contributed by atoms with Crippen LogP contribution in [0, 0.1) is 11.8 Å². The number of hydrogen-bond acceptors (Lipinski definition) is 8.